The molecule has 13 heavy (non-hydrogen) atoms. The molecule has 1 aromatic carbocycles. The highest BCUT2D eigenvalue weighted by molar-refractivity contribution is 6.16. The van der Waals surface area contributed by atoms with Crippen molar-refractivity contribution in [2.24, 2.45) is 0 Å². The molecule has 0 bridgehead atoms. The molecule has 0 aliphatic carbocycles. The van der Waals surface area contributed by atoms with E-state index >= 15 is 0 Å². The van der Waals surface area contributed by atoms with Crippen molar-refractivity contribution in [2.45, 2.75) is 12.8 Å². The van der Waals surface area contributed by atoms with Crippen LogP contribution >= 0.6 is 0 Å². The first-order chi connectivity index (χ1) is 6.36. The molecule has 2 heteroatoms. The molecule has 0 aliphatic heterocycles. The summed E-state index contributed by atoms with van der Waals surface area (Å²) in [6.45, 7) is 0. The van der Waals surface area contributed by atoms with E-state index in [0.29, 0.717) is 0 Å². The predicted octanol–water partition coefficient (Wildman–Crippen LogP) is 1.77. The van der Waals surface area contributed by atoms with Crippen molar-refractivity contribution < 1.29 is 4.74 Å². The zero-order chi connectivity index (χ0) is 9.52. The van der Waals surface area contributed by atoms with Gasteiger partial charge in [-0.3, -0.25) is 0 Å². The molecule has 0 unspecified atom stereocenters. The molecule has 0 aliphatic rings. The van der Waals surface area contributed by atoms with Crippen molar-refractivity contribution in [1.82, 2.24) is 0 Å². The summed E-state index contributed by atoms with van der Waals surface area (Å²) in [5.74, 6) is 3.01. The Hall–Kier alpha value is -1.18. The second kappa shape index (κ2) is 5.47. The summed E-state index contributed by atoms with van der Waals surface area (Å²) in [6.07, 6.45) is 4.40. The average Bonchev–Trinajstić information content (AvgIpc) is 2.19. The molecule has 0 amide bonds. The lowest BCUT2D eigenvalue weighted by Crippen LogP contribution is -1.85. The first kappa shape index (κ1) is 9.91. The Kier molecular flexibility index (Phi) is 4.17. The van der Waals surface area contributed by atoms with Crippen LogP contribution in [0.2, 0.25) is 0 Å². The Morgan fingerprint density at radius 3 is 2.54 bits per heavy atom. The Labute approximate surface area is 80.8 Å². The van der Waals surface area contributed by atoms with Crippen LogP contribution in [0, 0.1) is 0 Å². The summed E-state index contributed by atoms with van der Waals surface area (Å²) in [7, 11) is 3.74. The lowest BCUT2D eigenvalue weighted by atomic mass is 10.1. The number of benzene rings is 1. The summed E-state index contributed by atoms with van der Waals surface area (Å²) in [5, 5.41) is 0. The van der Waals surface area contributed by atoms with Crippen molar-refractivity contribution >= 4 is 7.85 Å². The van der Waals surface area contributed by atoms with Gasteiger partial charge in [0.15, 0.2) is 0 Å². The fourth-order valence-corrected chi connectivity index (χ4v) is 1.21. The molecule has 0 radical (unpaired) electrons. The van der Waals surface area contributed by atoms with Crippen molar-refractivity contribution in [3.63, 3.8) is 0 Å². The Morgan fingerprint density at radius 1 is 1.31 bits per heavy atom. The minimum absolute atomic E-state index is 0.926. The van der Waals surface area contributed by atoms with Crippen LogP contribution < -0.4 is 4.74 Å². The molecule has 0 N–H and O–H groups in total. The second-order valence-electron chi connectivity index (χ2n) is 2.96. The van der Waals surface area contributed by atoms with E-state index in [-0.39, 0.29) is 0 Å². The van der Waals surface area contributed by atoms with Crippen LogP contribution in [0.25, 0.3) is 0 Å². The van der Waals surface area contributed by atoms with Crippen LogP contribution in [-0.4, -0.2) is 15.0 Å². The minimum Gasteiger partial charge on any atom is -0.497 e. The van der Waals surface area contributed by atoms with Gasteiger partial charge >= 0.3 is 0 Å². The molecule has 0 aromatic heterocycles. The maximum absolute atomic E-state index is 5.08. The number of hydrogen-bond acceptors (Lipinski definition) is 1. The van der Waals surface area contributed by atoms with Crippen molar-refractivity contribution in [2.75, 3.05) is 7.11 Å². The number of methoxy groups -OCH3 is 1. The topological polar surface area (TPSA) is 9.23 Å². The zero-order valence-electron chi connectivity index (χ0n) is 8.29. The van der Waals surface area contributed by atoms with Crippen molar-refractivity contribution in [1.29, 1.82) is 0 Å². The van der Waals surface area contributed by atoms with Gasteiger partial charge in [-0.2, -0.15) is 0 Å². The summed E-state index contributed by atoms with van der Waals surface area (Å²) < 4.78 is 5.08. The van der Waals surface area contributed by atoms with Crippen LogP contribution in [0.3, 0.4) is 0 Å². The number of ether oxygens (including phenoxy) is 1. The molecule has 1 nitrogen and oxygen atoms in total. The summed E-state index contributed by atoms with van der Waals surface area (Å²) in [4.78, 5) is 0. The maximum atomic E-state index is 5.08. The van der Waals surface area contributed by atoms with Gasteiger partial charge in [0.1, 0.15) is 13.6 Å². The van der Waals surface area contributed by atoms with Crippen LogP contribution in [0.5, 0.6) is 5.75 Å². The normalized spacial score (nSPS) is 10.5. The second-order valence-corrected chi connectivity index (χ2v) is 2.96. The molecule has 0 saturated heterocycles. The Bertz CT molecular complexity index is 264. The van der Waals surface area contributed by atoms with Gasteiger partial charge in [0.2, 0.25) is 0 Å². The maximum Gasteiger partial charge on any atom is 0.129 e. The molecular weight excluding hydrogens is 159 g/mol. The largest absolute Gasteiger partial charge is 0.497 e. The van der Waals surface area contributed by atoms with Gasteiger partial charge in [-0.05, 0) is 30.5 Å². The lowest BCUT2D eigenvalue weighted by molar-refractivity contribution is 0.414. The molecule has 0 atom stereocenters. The van der Waals surface area contributed by atoms with Gasteiger partial charge < -0.3 is 4.74 Å². The number of allylic oxidation sites excluding steroid dienone is 1. The molecule has 0 saturated carbocycles. The van der Waals surface area contributed by atoms with E-state index in [9.17, 15) is 0 Å². The third-order valence-corrected chi connectivity index (χ3v) is 1.99. The summed E-state index contributed by atoms with van der Waals surface area (Å²) in [5.41, 5.74) is 1.36. The van der Waals surface area contributed by atoms with Crippen LogP contribution in [0.15, 0.2) is 36.3 Å². The van der Waals surface area contributed by atoms with Crippen molar-refractivity contribution in [3.8, 4) is 5.75 Å². The third-order valence-electron chi connectivity index (χ3n) is 1.99. The molecule has 1 aromatic rings. The number of aryl methyl sites for hydroxylation is 1. The van der Waals surface area contributed by atoms with Crippen LogP contribution in [0.1, 0.15) is 12.0 Å². The Morgan fingerprint density at radius 2 is 2.00 bits per heavy atom. The van der Waals surface area contributed by atoms with Gasteiger partial charge in [-0.1, -0.05) is 18.2 Å². The Balaban J connectivity index is 2.49. The van der Waals surface area contributed by atoms with Gasteiger partial charge in [0.25, 0.3) is 0 Å². The average molecular weight is 174 g/mol. The molecule has 0 spiro atoms. The highest BCUT2D eigenvalue weighted by Gasteiger charge is 1.92. The predicted molar refractivity (Wildman–Crippen MR) is 59.0 cm³/mol. The van der Waals surface area contributed by atoms with Gasteiger partial charge in [-0.25, -0.2) is 0 Å². The van der Waals surface area contributed by atoms with E-state index in [2.05, 4.69) is 24.2 Å². The molecule has 0 fully saturated rings. The minimum atomic E-state index is 0.926. The first-order valence-corrected chi connectivity index (χ1v) is 4.61. The lowest BCUT2D eigenvalue weighted by Gasteiger charge is -2.01. The summed E-state index contributed by atoms with van der Waals surface area (Å²) in [6, 6.07) is 8.24. The van der Waals surface area contributed by atoms with E-state index < -0.39 is 0 Å². The number of hydrogen-bond donors (Lipinski definition) is 0. The first-order valence-electron chi connectivity index (χ1n) is 4.61. The zero-order valence-corrected chi connectivity index (χ0v) is 8.29. The fourth-order valence-electron chi connectivity index (χ4n) is 1.21. The van der Waals surface area contributed by atoms with E-state index in [1.54, 1.807) is 7.11 Å². The number of rotatable bonds is 4. The van der Waals surface area contributed by atoms with Gasteiger partial charge in [0.05, 0.1) is 7.11 Å². The third kappa shape index (κ3) is 3.37. The SMILES string of the molecule is B/C=C/CCc1ccc(OC)cc1. The van der Waals surface area contributed by atoms with Gasteiger partial charge in [0, 0.05) is 0 Å². The van der Waals surface area contributed by atoms with Gasteiger partial charge in [-0.15, -0.1) is 5.98 Å². The molecule has 0 heterocycles. The van der Waals surface area contributed by atoms with Crippen LogP contribution in [-0.2, 0) is 6.42 Å². The quantitative estimate of drug-likeness (QED) is 0.632. The van der Waals surface area contributed by atoms with E-state index in [4.69, 9.17) is 4.74 Å². The van der Waals surface area contributed by atoms with E-state index in [1.165, 1.54) is 5.56 Å². The smallest absolute Gasteiger partial charge is 0.129 e. The molecule has 68 valence electrons. The highest BCUT2D eigenvalue weighted by Crippen LogP contribution is 2.12. The molecule has 1 rings (SSSR count). The monoisotopic (exact) mass is 174 g/mol. The van der Waals surface area contributed by atoms with E-state index in [1.807, 2.05) is 20.0 Å². The van der Waals surface area contributed by atoms with E-state index in [0.717, 1.165) is 18.6 Å². The molecular formula is C11H15BO. The highest BCUT2D eigenvalue weighted by atomic mass is 16.5. The van der Waals surface area contributed by atoms with Crippen LogP contribution in [0.4, 0.5) is 0 Å². The standard InChI is InChI=1S/C11H15BO/c1-13-11-7-5-10(6-8-11)4-2-3-9-12/h3,5-9H,2,4,12H2,1H3/b9-3+. The fraction of sp³-hybridized carbons (Fsp3) is 0.273. The summed E-state index contributed by atoms with van der Waals surface area (Å²) >= 11 is 0. The van der Waals surface area contributed by atoms with Crippen molar-refractivity contribution in [3.05, 3.63) is 41.9 Å².